The minimum Gasteiger partial charge on any atom is -0.342 e. The molecule has 0 aliphatic rings. The molecule has 4 nitrogen and oxygen atoms in total. The molecule has 0 saturated carbocycles. The van der Waals surface area contributed by atoms with Crippen LogP contribution in [-0.2, 0) is 4.79 Å². The lowest BCUT2D eigenvalue weighted by Crippen LogP contribution is -2.39. The molecule has 0 rings (SSSR count). The number of amides is 1. The molecule has 0 radical (unpaired) electrons. The van der Waals surface area contributed by atoms with Crippen molar-refractivity contribution in [3.8, 4) is 12.3 Å². The van der Waals surface area contributed by atoms with Crippen LogP contribution in [0.3, 0.4) is 0 Å². The van der Waals surface area contributed by atoms with E-state index in [2.05, 4.69) is 16.1 Å². The molecule has 0 aromatic carbocycles. The zero-order chi connectivity index (χ0) is 12.4. The maximum absolute atomic E-state index is 11.7. The summed E-state index contributed by atoms with van der Waals surface area (Å²) in [6.45, 7) is 5.34. The van der Waals surface area contributed by atoms with E-state index in [9.17, 15) is 4.79 Å². The van der Waals surface area contributed by atoms with E-state index in [1.165, 1.54) is 0 Å². The van der Waals surface area contributed by atoms with Crippen molar-refractivity contribution in [1.29, 1.82) is 0 Å². The molecule has 1 N–H and O–H groups in total. The van der Waals surface area contributed by atoms with Crippen LogP contribution in [0.2, 0.25) is 0 Å². The van der Waals surface area contributed by atoms with E-state index in [4.69, 9.17) is 6.42 Å². The molecule has 0 unspecified atom stereocenters. The Kier molecular flexibility index (Phi) is 8.59. The first-order valence-electron chi connectivity index (χ1n) is 5.68. The van der Waals surface area contributed by atoms with E-state index < -0.39 is 0 Å². The van der Waals surface area contributed by atoms with Gasteiger partial charge in [0, 0.05) is 13.1 Å². The smallest absolute Gasteiger partial charge is 0.236 e. The van der Waals surface area contributed by atoms with E-state index in [1.54, 1.807) is 0 Å². The van der Waals surface area contributed by atoms with Crippen LogP contribution in [0.25, 0.3) is 0 Å². The number of nitrogens with one attached hydrogen (secondary N) is 1. The monoisotopic (exact) mass is 225 g/mol. The average molecular weight is 225 g/mol. The standard InChI is InChI=1S/C12H23N3O/c1-5-8-13-11-12(16)15(6-2)10-7-9-14(3)4/h1,13H,6-11H2,2-4H3. The minimum atomic E-state index is 0.122. The summed E-state index contributed by atoms with van der Waals surface area (Å²) in [6.07, 6.45) is 6.10. The van der Waals surface area contributed by atoms with Crippen LogP contribution >= 0.6 is 0 Å². The van der Waals surface area contributed by atoms with Gasteiger partial charge in [-0.1, -0.05) is 5.92 Å². The molecular weight excluding hydrogens is 202 g/mol. The van der Waals surface area contributed by atoms with Crippen molar-refractivity contribution in [2.75, 3.05) is 46.8 Å². The third kappa shape index (κ3) is 7.27. The zero-order valence-electron chi connectivity index (χ0n) is 10.6. The molecular formula is C12H23N3O. The predicted molar refractivity (Wildman–Crippen MR) is 67.1 cm³/mol. The van der Waals surface area contributed by atoms with Gasteiger partial charge in [0.2, 0.25) is 5.91 Å². The number of hydrogen-bond acceptors (Lipinski definition) is 3. The van der Waals surface area contributed by atoms with Crippen LogP contribution in [-0.4, -0.2) is 62.5 Å². The summed E-state index contributed by atoms with van der Waals surface area (Å²) in [6, 6.07) is 0. The normalized spacial score (nSPS) is 10.2. The molecule has 0 fully saturated rings. The first-order chi connectivity index (χ1) is 7.61. The fraction of sp³-hybridized carbons (Fsp3) is 0.750. The fourth-order valence-corrected chi connectivity index (χ4v) is 1.39. The van der Waals surface area contributed by atoms with Crippen molar-refractivity contribution in [2.45, 2.75) is 13.3 Å². The molecule has 0 saturated heterocycles. The molecule has 1 amide bonds. The summed E-state index contributed by atoms with van der Waals surface area (Å²) >= 11 is 0. The number of carbonyl (C=O) groups excluding carboxylic acids is 1. The third-order valence-electron chi connectivity index (χ3n) is 2.27. The molecule has 0 aliphatic heterocycles. The van der Waals surface area contributed by atoms with E-state index >= 15 is 0 Å². The second-order valence-corrected chi connectivity index (χ2v) is 3.94. The second-order valence-electron chi connectivity index (χ2n) is 3.94. The molecule has 0 bridgehead atoms. The number of hydrogen-bond donors (Lipinski definition) is 1. The lowest BCUT2D eigenvalue weighted by molar-refractivity contribution is -0.130. The largest absolute Gasteiger partial charge is 0.342 e. The summed E-state index contributed by atoms with van der Waals surface area (Å²) in [4.78, 5) is 15.7. The van der Waals surface area contributed by atoms with Gasteiger partial charge in [0.15, 0.2) is 0 Å². The fourth-order valence-electron chi connectivity index (χ4n) is 1.39. The number of carbonyl (C=O) groups is 1. The van der Waals surface area contributed by atoms with Gasteiger partial charge in [0.25, 0.3) is 0 Å². The van der Waals surface area contributed by atoms with Gasteiger partial charge in [0.05, 0.1) is 13.1 Å². The number of terminal acetylenes is 1. The van der Waals surface area contributed by atoms with Crippen LogP contribution in [0.4, 0.5) is 0 Å². The Morgan fingerprint density at radius 2 is 2.06 bits per heavy atom. The van der Waals surface area contributed by atoms with Crippen LogP contribution in [0, 0.1) is 12.3 Å². The molecule has 0 aromatic rings. The Hall–Kier alpha value is -1.05. The summed E-state index contributed by atoms with van der Waals surface area (Å²) in [5.74, 6) is 2.57. The van der Waals surface area contributed by atoms with Crippen molar-refractivity contribution in [2.24, 2.45) is 0 Å². The molecule has 4 heteroatoms. The van der Waals surface area contributed by atoms with Gasteiger partial charge in [-0.3, -0.25) is 10.1 Å². The highest BCUT2D eigenvalue weighted by atomic mass is 16.2. The number of nitrogens with zero attached hydrogens (tertiary/aromatic N) is 2. The number of rotatable bonds is 8. The number of likely N-dealkylation sites (N-methyl/N-ethyl adjacent to an activating group) is 1. The van der Waals surface area contributed by atoms with E-state index in [0.717, 1.165) is 26.1 Å². The van der Waals surface area contributed by atoms with Gasteiger partial charge in [-0.2, -0.15) is 0 Å². The van der Waals surface area contributed by atoms with Crippen molar-refractivity contribution in [3.05, 3.63) is 0 Å². The molecule has 0 atom stereocenters. The third-order valence-corrected chi connectivity index (χ3v) is 2.27. The van der Waals surface area contributed by atoms with Crippen LogP contribution in [0.1, 0.15) is 13.3 Å². The van der Waals surface area contributed by atoms with Crippen molar-refractivity contribution < 1.29 is 4.79 Å². The lowest BCUT2D eigenvalue weighted by Gasteiger charge is -2.21. The molecule has 16 heavy (non-hydrogen) atoms. The Bertz CT molecular complexity index is 233. The van der Waals surface area contributed by atoms with Crippen LogP contribution < -0.4 is 5.32 Å². The van der Waals surface area contributed by atoms with Gasteiger partial charge < -0.3 is 9.80 Å². The second kappa shape index (κ2) is 9.20. The maximum atomic E-state index is 11.7. The van der Waals surface area contributed by atoms with Gasteiger partial charge in [-0.25, -0.2) is 0 Å². The van der Waals surface area contributed by atoms with E-state index in [1.807, 2.05) is 25.9 Å². The summed E-state index contributed by atoms with van der Waals surface area (Å²) < 4.78 is 0. The highest BCUT2D eigenvalue weighted by Gasteiger charge is 2.09. The summed E-state index contributed by atoms with van der Waals surface area (Å²) in [7, 11) is 4.07. The molecule has 0 spiro atoms. The highest BCUT2D eigenvalue weighted by Crippen LogP contribution is 1.93. The van der Waals surface area contributed by atoms with Gasteiger partial charge in [0.1, 0.15) is 0 Å². The van der Waals surface area contributed by atoms with Crippen LogP contribution in [0.15, 0.2) is 0 Å². The Labute approximate surface area is 99.0 Å². The predicted octanol–water partition coefficient (Wildman–Crippen LogP) is 0.00940. The topological polar surface area (TPSA) is 35.6 Å². The Morgan fingerprint density at radius 3 is 2.56 bits per heavy atom. The first-order valence-corrected chi connectivity index (χ1v) is 5.68. The molecule has 0 aliphatic carbocycles. The quantitative estimate of drug-likeness (QED) is 0.467. The van der Waals surface area contributed by atoms with Gasteiger partial charge in [-0.15, -0.1) is 6.42 Å². The van der Waals surface area contributed by atoms with Gasteiger partial charge in [-0.05, 0) is 34.0 Å². The van der Waals surface area contributed by atoms with Gasteiger partial charge >= 0.3 is 0 Å². The molecule has 0 aromatic heterocycles. The minimum absolute atomic E-state index is 0.122. The lowest BCUT2D eigenvalue weighted by atomic mass is 10.3. The van der Waals surface area contributed by atoms with E-state index in [-0.39, 0.29) is 5.91 Å². The summed E-state index contributed by atoms with van der Waals surface area (Å²) in [5, 5.41) is 2.91. The SMILES string of the molecule is C#CCNCC(=O)N(CC)CCCN(C)C. The maximum Gasteiger partial charge on any atom is 0.236 e. The van der Waals surface area contributed by atoms with Crippen molar-refractivity contribution in [3.63, 3.8) is 0 Å². The Balaban J connectivity index is 3.79. The van der Waals surface area contributed by atoms with Crippen molar-refractivity contribution >= 4 is 5.91 Å². The summed E-state index contributed by atoms with van der Waals surface area (Å²) in [5.41, 5.74) is 0. The van der Waals surface area contributed by atoms with E-state index in [0.29, 0.717) is 13.1 Å². The molecule has 92 valence electrons. The van der Waals surface area contributed by atoms with Crippen molar-refractivity contribution in [1.82, 2.24) is 15.1 Å². The first kappa shape index (κ1) is 14.9. The molecule has 0 heterocycles. The Morgan fingerprint density at radius 1 is 1.38 bits per heavy atom. The highest BCUT2D eigenvalue weighted by molar-refractivity contribution is 5.78. The van der Waals surface area contributed by atoms with Crippen LogP contribution in [0.5, 0.6) is 0 Å². The average Bonchev–Trinajstić information content (AvgIpc) is 2.24. The zero-order valence-corrected chi connectivity index (χ0v) is 10.6.